The SMILES string of the molecule is CC(C)C[C@H](CN)CC(=O)NC(C)Cc1ccccc1Cl. The molecule has 3 nitrogen and oxygen atoms in total. The highest BCUT2D eigenvalue weighted by Crippen LogP contribution is 2.17. The lowest BCUT2D eigenvalue weighted by atomic mass is 9.94. The van der Waals surface area contributed by atoms with E-state index in [2.05, 4.69) is 19.2 Å². The summed E-state index contributed by atoms with van der Waals surface area (Å²) in [6.45, 7) is 6.87. The molecule has 1 rings (SSSR count). The van der Waals surface area contributed by atoms with Gasteiger partial charge in [0.2, 0.25) is 5.91 Å². The third-order valence-electron chi connectivity index (χ3n) is 3.50. The Kier molecular flexibility index (Phi) is 7.76. The van der Waals surface area contributed by atoms with Gasteiger partial charge in [-0.05, 0) is 49.8 Å². The molecule has 0 radical (unpaired) electrons. The minimum absolute atomic E-state index is 0.0647. The van der Waals surface area contributed by atoms with E-state index in [0.717, 1.165) is 23.4 Å². The number of amides is 1. The Balaban J connectivity index is 2.45. The van der Waals surface area contributed by atoms with Gasteiger partial charge in [0.15, 0.2) is 0 Å². The molecular weight excluding hydrogens is 284 g/mol. The van der Waals surface area contributed by atoms with E-state index >= 15 is 0 Å². The molecule has 2 atom stereocenters. The van der Waals surface area contributed by atoms with Crippen molar-refractivity contribution in [2.75, 3.05) is 6.54 Å². The van der Waals surface area contributed by atoms with Crippen molar-refractivity contribution in [3.8, 4) is 0 Å². The van der Waals surface area contributed by atoms with E-state index < -0.39 is 0 Å². The predicted molar refractivity (Wildman–Crippen MR) is 89.4 cm³/mol. The summed E-state index contributed by atoms with van der Waals surface area (Å²) < 4.78 is 0. The summed E-state index contributed by atoms with van der Waals surface area (Å²) in [5.74, 6) is 0.898. The molecule has 0 saturated heterocycles. The second kappa shape index (κ2) is 9.06. The maximum absolute atomic E-state index is 12.1. The predicted octanol–water partition coefficient (Wildman–Crippen LogP) is 3.40. The Morgan fingerprint density at radius 2 is 1.95 bits per heavy atom. The number of benzene rings is 1. The van der Waals surface area contributed by atoms with Crippen molar-refractivity contribution in [1.82, 2.24) is 5.32 Å². The minimum atomic E-state index is 0.0647. The summed E-state index contributed by atoms with van der Waals surface area (Å²) in [6, 6.07) is 7.80. The molecule has 0 fully saturated rings. The number of carbonyl (C=O) groups excluding carboxylic acids is 1. The van der Waals surface area contributed by atoms with Crippen molar-refractivity contribution in [1.29, 1.82) is 0 Å². The molecule has 0 aliphatic carbocycles. The quantitative estimate of drug-likeness (QED) is 0.773. The summed E-state index contributed by atoms with van der Waals surface area (Å²) in [6.07, 6.45) is 2.23. The minimum Gasteiger partial charge on any atom is -0.353 e. The summed E-state index contributed by atoms with van der Waals surface area (Å²) in [4.78, 5) is 12.1. The first-order valence-corrected chi connectivity index (χ1v) is 8.03. The van der Waals surface area contributed by atoms with Crippen LogP contribution in [0.5, 0.6) is 0 Å². The molecule has 0 saturated carbocycles. The highest BCUT2D eigenvalue weighted by atomic mass is 35.5. The zero-order valence-corrected chi connectivity index (χ0v) is 14.0. The van der Waals surface area contributed by atoms with Gasteiger partial charge >= 0.3 is 0 Å². The number of rotatable bonds is 8. The normalized spacial score (nSPS) is 14.0. The fourth-order valence-corrected chi connectivity index (χ4v) is 2.78. The first-order valence-electron chi connectivity index (χ1n) is 7.65. The molecule has 1 unspecified atom stereocenters. The fraction of sp³-hybridized carbons (Fsp3) is 0.588. The zero-order chi connectivity index (χ0) is 15.8. The van der Waals surface area contributed by atoms with Crippen LogP contribution in [0.3, 0.4) is 0 Å². The Morgan fingerprint density at radius 3 is 2.52 bits per heavy atom. The molecule has 21 heavy (non-hydrogen) atoms. The van der Waals surface area contributed by atoms with Crippen LogP contribution in [0.15, 0.2) is 24.3 Å². The van der Waals surface area contributed by atoms with Crippen LogP contribution in [0.4, 0.5) is 0 Å². The van der Waals surface area contributed by atoms with Gasteiger partial charge in [0.25, 0.3) is 0 Å². The molecule has 0 heterocycles. The lowest BCUT2D eigenvalue weighted by Crippen LogP contribution is -2.36. The van der Waals surface area contributed by atoms with Gasteiger partial charge in [-0.3, -0.25) is 4.79 Å². The molecule has 0 aliphatic rings. The van der Waals surface area contributed by atoms with Crippen LogP contribution in [0.25, 0.3) is 0 Å². The first kappa shape index (κ1) is 18.0. The molecule has 1 aromatic rings. The lowest BCUT2D eigenvalue weighted by Gasteiger charge is -2.19. The van der Waals surface area contributed by atoms with Crippen molar-refractivity contribution in [2.45, 2.75) is 46.1 Å². The van der Waals surface area contributed by atoms with Gasteiger partial charge < -0.3 is 11.1 Å². The smallest absolute Gasteiger partial charge is 0.220 e. The van der Waals surface area contributed by atoms with E-state index in [4.69, 9.17) is 17.3 Å². The monoisotopic (exact) mass is 310 g/mol. The maximum atomic E-state index is 12.1. The van der Waals surface area contributed by atoms with Crippen molar-refractivity contribution in [2.24, 2.45) is 17.6 Å². The van der Waals surface area contributed by atoms with Crippen molar-refractivity contribution >= 4 is 17.5 Å². The van der Waals surface area contributed by atoms with Gasteiger partial charge in [-0.15, -0.1) is 0 Å². The van der Waals surface area contributed by atoms with E-state index in [1.54, 1.807) is 0 Å². The van der Waals surface area contributed by atoms with Crippen LogP contribution >= 0.6 is 11.6 Å². The molecule has 0 aromatic heterocycles. The van der Waals surface area contributed by atoms with Crippen LogP contribution in [0.2, 0.25) is 5.02 Å². The van der Waals surface area contributed by atoms with Crippen LogP contribution in [-0.2, 0) is 11.2 Å². The largest absolute Gasteiger partial charge is 0.353 e. The Hall–Kier alpha value is -1.06. The van der Waals surface area contributed by atoms with Gasteiger partial charge in [0.1, 0.15) is 0 Å². The lowest BCUT2D eigenvalue weighted by molar-refractivity contribution is -0.122. The highest BCUT2D eigenvalue weighted by Gasteiger charge is 2.16. The molecule has 0 bridgehead atoms. The topological polar surface area (TPSA) is 55.1 Å². The number of nitrogens with one attached hydrogen (secondary N) is 1. The summed E-state index contributed by atoms with van der Waals surface area (Å²) in [5.41, 5.74) is 6.81. The summed E-state index contributed by atoms with van der Waals surface area (Å²) in [5, 5.41) is 3.79. The number of nitrogens with two attached hydrogens (primary N) is 1. The number of halogens is 1. The van der Waals surface area contributed by atoms with Crippen LogP contribution in [0.1, 0.15) is 39.2 Å². The molecule has 1 aromatic carbocycles. The fourth-order valence-electron chi connectivity index (χ4n) is 2.57. The number of hydrogen-bond donors (Lipinski definition) is 2. The van der Waals surface area contributed by atoms with E-state index in [0.29, 0.717) is 18.9 Å². The van der Waals surface area contributed by atoms with Crippen molar-refractivity contribution in [3.05, 3.63) is 34.9 Å². The standard InChI is InChI=1S/C17H27ClN2O/c1-12(2)8-14(11-19)10-17(21)20-13(3)9-15-6-4-5-7-16(15)18/h4-7,12-14H,8-11,19H2,1-3H3,(H,20,21)/t13?,14-/m0/s1. The third kappa shape index (κ3) is 6.96. The number of hydrogen-bond acceptors (Lipinski definition) is 2. The molecule has 1 amide bonds. The van der Waals surface area contributed by atoms with E-state index in [-0.39, 0.29) is 17.9 Å². The Bertz CT molecular complexity index is 448. The van der Waals surface area contributed by atoms with Crippen LogP contribution < -0.4 is 11.1 Å². The van der Waals surface area contributed by atoms with Gasteiger partial charge in [-0.25, -0.2) is 0 Å². The van der Waals surface area contributed by atoms with E-state index in [1.165, 1.54) is 0 Å². The Labute approximate surface area is 133 Å². The number of carbonyl (C=O) groups is 1. The average Bonchev–Trinajstić information content (AvgIpc) is 2.39. The Morgan fingerprint density at radius 1 is 1.29 bits per heavy atom. The average molecular weight is 311 g/mol. The van der Waals surface area contributed by atoms with Crippen molar-refractivity contribution < 1.29 is 4.79 Å². The van der Waals surface area contributed by atoms with E-state index in [9.17, 15) is 4.79 Å². The summed E-state index contributed by atoms with van der Waals surface area (Å²) >= 11 is 6.14. The molecule has 118 valence electrons. The van der Waals surface area contributed by atoms with Gasteiger partial charge in [-0.2, -0.15) is 0 Å². The molecule has 0 spiro atoms. The van der Waals surface area contributed by atoms with Crippen LogP contribution in [0, 0.1) is 11.8 Å². The first-order chi connectivity index (χ1) is 9.92. The van der Waals surface area contributed by atoms with E-state index in [1.807, 2.05) is 31.2 Å². The third-order valence-corrected chi connectivity index (χ3v) is 3.87. The second-order valence-corrected chi connectivity index (χ2v) is 6.61. The molecule has 4 heteroatoms. The molecular formula is C17H27ClN2O. The van der Waals surface area contributed by atoms with Gasteiger partial charge in [0, 0.05) is 17.5 Å². The zero-order valence-electron chi connectivity index (χ0n) is 13.2. The van der Waals surface area contributed by atoms with Gasteiger partial charge in [-0.1, -0.05) is 43.6 Å². The van der Waals surface area contributed by atoms with Crippen LogP contribution in [-0.4, -0.2) is 18.5 Å². The highest BCUT2D eigenvalue weighted by molar-refractivity contribution is 6.31. The summed E-state index contributed by atoms with van der Waals surface area (Å²) in [7, 11) is 0. The molecule has 3 N–H and O–H groups in total. The van der Waals surface area contributed by atoms with Crippen molar-refractivity contribution in [3.63, 3.8) is 0 Å². The maximum Gasteiger partial charge on any atom is 0.220 e. The second-order valence-electron chi connectivity index (χ2n) is 6.20. The molecule has 0 aliphatic heterocycles. The van der Waals surface area contributed by atoms with Gasteiger partial charge in [0.05, 0.1) is 0 Å².